The number of hydrogen-bond donors (Lipinski definition) is 1. The molecular formula is C13H10N2O2S. The Bertz CT molecular complexity index is 642. The predicted octanol–water partition coefficient (Wildman–Crippen LogP) is 2.13. The Balaban J connectivity index is 1.87. The molecule has 1 saturated heterocycles. The number of amides is 2. The number of nitrogens with one attached hydrogen (secondary N) is 1. The molecular weight excluding hydrogens is 248 g/mol. The van der Waals surface area contributed by atoms with Crippen LogP contribution >= 0.6 is 11.8 Å². The van der Waals surface area contributed by atoms with Crippen LogP contribution in [-0.2, 0) is 11.2 Å². The monoisotopic (exact) mass is 258 g/mol. The van der Waals surface area contributed by atoms with Gasteiger partial charge in [-0.15, -0.1) is 0 Å². The Kier molecular flexibility index (Phi) is 2.76. The third kappa shape index (κ3) is 2.09. The Morgan fingerprint density at radius 1 is 1.28 bits per heavy atom. The van der Waals surface area contributed by atoms with Crippen molar-refractivity contribution in [3.63, 3.8) is 0 Å². The molecule has 0 saturated carbocycles. The van der Waals surface area contributed by atoms with Gasteiger partial charge >= 0.3 is 0 Å². The van der Waals surface area contributed by atoms with Crippen molar-refractivity contribution in [2.75, 3.05) is 0 Å². The number of rotatable bonds is 2. The van der Waals surface area contributed by atoms with Crippen LogP contribution in [0.1, 0.15) is 5.56 Å². The summed E-state index contributed by atoms with van der Waals surface area (Å²) >= 11 is 1.05. The van der Waals surface area contributed by atoms with Gasteiger partial charge in [-0.3, -0.25) is 19.9 Å². The summed E-state index contributed by atoms with van der Waals surface area (Å²) in [4.78, 5) is 26.9. The van der Waals surface area contributed by atoms with Gasteiger partial charge in [0, 0.05) is 11.6 Å². The maximum atomic E-state index is 11.5. The Morgan fingerprint density at radius 2 is 2.11 bits per heavy atom. The van der Waals surface area contributed by atoms with E-state index in [4.69, 9.17) is 0 Å². The van der Waals surface area contributed by atoms with Gasteiger partial charge < -0.3 is 0 Å². The van der Waals surface area contributed by atoms with Crippen LogP contribution in [0.25, 0.3) is 10.9 Å². The van der Waals surface area contributed by atoms with E-state index in [0.29, 0.717) is 6.42 Å². The van der Waals surface area contributed by atoms with Crippen molar-refractivity contribution in [2.24, 2.45) is 0 Å². The Hall–Kier alpha value is -1.88. The minimum absolute atomic E-state index is 0.210. The zero-order valence-corrected chi connectivity index (χ0v) is 10.2. The molecule has 2 aromatic rings. The van der Waals surface area contributed by atoms with Crippen molar-refractivity contribution >= 4 is 33.8 Å². The number of hydrogen-bond acceptors (Lipinski definition) is 4. The standard InChI is InChI=1S/C13H10N2O2S/c16-12-11(18-13(17)15-12)6-8-5-9-3-1-2-4-10(9)14-7-8/h1-5,7,11H,6H2,(H,15,16,17). The first-order chi connectivity index (χ1) is 8.72. The molecule has 0 aliphatic carbocycles. The van der Waals surface area contributed by atoms with E-state index in [9.17, 15) is 9.59 Å². The largest absolute Gasteiger partial charge is 0.286 e. The van der Waals surface area contributed by atoms with Gasteiger partial charge in [-0.1, -0.05) is 30.0 Å². The smallest absolute Gasteiger partial charge is 0.286 e. The minimum atomic E-state index is -0.333. The molecule has 1 atom stereocenters. The summed E-state index contributed by atoms with van der Waals surface area (Å²) in [7, 11) is 0. The van der Waals surface area contributed by atoms with Gasteiger partial charge in [0.1, 0.15) is 0 Å². The number of imide groups is 1. The lowest BCUT2D eigenvalue weighted by molar-refractivity contribution is -0.118. The molecule has 5 heteroatoms. The maximum absolute atomic E-state index is 11.5. The van der Waals surface area contributed by atoms with E-state index in [1.807, 2.05) is 30.3 Å². The number of para-hydroxylation sites is 1. The highest BCUT2D eigenvalue weighted by atomic mass is 32.2. The molecule has 1 N–H and O–H groups in total. The van der Waals surface area contributed by atoms with Crippen LogP contribution in [0.2, 0.25) is 0 Å². The lowest BCUT2D eigenvalue weighted by atomic mass is 10.1. The van der Waals surface area contributed by atoms with Crippen molar-refractivity contribution in [1.82, 2.24) is 10.3 Å². The van der Waals surface area contributed by atoms with E-state index >= 15 is 0 Å². The molecule has 4 nitrogen and oxygen atoms in total. The van der Waals surface area contributed by atoms with Gasteiger partial charge in [0.2, 0.25) is 5.91 Å². The summed E-state index contributed by atoms with van der Waals surface area (Å²) in [5, 5.41) is 2.74. The summed E-state index contributed by atoms with van der Waals surface area (Å²) < 4.78 is 0. The zero-order chi connectivity index (χ0) is 12.5. The van der Waals surface area contributed by atoms with Crippen LogP contribution in [0, 0.1) is 0 Å². The molecule has 18 heavy (non-hydrogen) atoms. The van der Waals surface area contributed by atoms with E-state index in [1.54, 1.807) is 6.20 Å². The maximum Gasteiger partial charge on any atom is 0.286 e. The summed E-state index contributed by atoms with van der Waals surface area (Å²) in [6.07, 6.45) is 2.29. The number of aromatic nitrogens is 1. The van der Waals surface area contributed by atoms with Crippen LogP contribution in [0.5, 0.6) is 0 Å². The summed E-state index contributed by atoms with van der Waals surface area (Å²) in [6, 6.07) is 9.83. The summed E-state index contributed by atoms with van der Waals surface area (Å²) in [6.45, 7) is 0. The first-order valence-electron chi connectivity index (χ1n) is 5.57. The third-order valence-electron chi connectivity index (χ3n) is 2.84. The van der Waals surface area contributed by atoms with Crippen molar-refractivity contribution in [3.05, 3.63) is 42.1 Å². The van der Waals surface area contributed by atoms with Gasteiger partial charge in [-0.05, 0) is 24.1 Å². The molecule has 1 aliphatic rings. The lowest BCUT2D eigenvalue weighted by Crippen LogP contribution is -2.25. The predicted molar refractivity (Wildman–Crippen MR) is 70.4 cm³/mol. The normalized spacial score (nSPS) is 19.2. The fraction of sp³-hybridized carbons (Fsp3) is 0.154. The van der Waals surface area contributed by atoms with Gasteiger partial charge in [-0.25, -0.2) is 0 Å². The first kappa shape index (κ1) is 11.2. The highest BCUT2D eigenvalue weighted by molar-refractivity contribution is 8.15. The zero-order valence-electron chi connectivity index (χ0n) is 9.42. The Labute approximate surface area is 108 Å². The third-order valence-corrected chi connectivity index (χ3v) is 3.82. The number of benzene rings is 1. The molecule has 1 aromatic heterocycles. The minimum Gasteiger partial charge on any atom is -0.286 e. The molecule has 0 bridgehead atoms. The second-order valence-corrected chi connectivity index (χ2v) is 5.30. The fourth-order valence-electron chi connectivity index (χ4n) is 1.97. The Morgan fingerprint density at radius 3 is 2.89 bits per heavy atom. The van der Waals surface area contributed by atoms with E-state index in [0.717, 1.165) is 28.2 Å². The SMILES string of the molecule is O=C1NC(=O)C(Cc2cnc3ccccc3c2)S1. The van der Waals surface area contributed by atoms with E-state index in [-0.39, 0.29) is 16.4 Å². The quantitative estimate of drug-likeness (QED) is 0.896. The molecule has 1 aliphatic heterocycles. The van der Waals surface area contributed by atoms with E-state index in [2.05, 4.69) is 10.3 Å². The van der Waals surface area contributed by atoms with E-state index in [1.165, 1.54) is 0 Å². The molecule has 0 spiro atoms. The van der Waals surface area contributed by atoms with Gasteiger partial charge in [0.15, 0.2) is 0 Å². The lowest BCUT2D eigenvalue weighted by Gasteiger charge is -2.06. The number of carbonyl (C=O) groups is 2. The highest BCUT2D eigenvalue weighted by Gasteiger charge is 2.31. The average molecular weight is 258 g/mol. The average Bonchev–Trinajstić information content (AvgIpc) is 2.68. The topological polar surface area (TPSA) is 59.1 Å². The van der Waals surface area contributed by atoms with Crippen LogP contribution in [0.15, 0.2) is 36.5 Å². The number of pyridine rings is 1. The number of thioether (sulfide) groups is 1. The van der Waals surface area contributed by atoms with Crippen LogP contribution in [0.4, 0.5) is 4.79 Å². The molecule has 2 amide bonds. The fourth-order valence-corrected chi connectivity index (χ4v) is 2.83. The van der Waals surface area contributed by atoms with Crippen molar-refractivity contribution < 1.29 is 9.59 Å². The van der Waals surface area contributed by atoms with Gasteiger partial charge in [0.05, 0.1) is 10.8 Å². The molecule has 90 valence electrons. The second kappa shape index (κ2) is 4.42. The number of carbonyl (C=O) groups excluding carboxylic acids is 2. The molecule has 2 heterocycles. The van der Waals surface area contributed by atoms with E-state index < -0.39 is 0 Å². The van der Waals surface area contributed by atoms with Crippen LogP contribution in [0.3, 0.4) is 0 Å². The van der Waals surface area contributed by atoms with Crippen molar-refractivity contribution in [2.45, 2.75) is 11.7 Å². The second-order valence-electron chi connectivity index (χ2n) is 4.12. The molecule has 1 unspecified atom stereocenters. The summed E-state index contributed by atoms with van der Waals surface area (Å²) in [5.74, 6) is -0.210. The molecule has 3 rings (SSSR count). The number of fused-ring (bicyclic) bond motifs is 1. The molecule has 1 fully saturated rings. The van der Waals surface area contributed by atoms with Crippen LogP contribution in [-0.4, -0.2) is 21.4 Å². The van der Waals surface area contributed by atoms with Gasteiger partial charge in [-0.2, -0.15) is 0 Å². The highest BCUT2D eigenvalue weighted by Crippen LogP contribution is 2.23. The van der Waals surface area contributed by atoms with Crippen LogP contribution < -0.4 is 5.32 Å². The molecule has 0 radical (unpaired) electrons. The van der Waals surface area contributed by atoms with Crippen molar-refractivity contribution in [3.8, 4) is 0 Å². The van der Waals surface area contributed by atoms with Crippen molar-refractivity contribution in [1.29, 1.82) is 0 Å². The number of nitrogens with zero attached hydrogens (tertiary/aromatic N) is 1. The van der Waals surface area contributed by atoms with Gasteiger partial charge in [0.25, 0.3) is 5.24 Å². The molecule has 1 aromatic carbocycles. The first-order valence-corrected chi connectivity index (χ1v) is 6.45. The summed E-state index contributed by atoms with van der Waals surface area (Å²) in [5.41, 5.74) is 1.90.